The second kappa shape index (κ2) is 12.4. The second-order valence-electron chi connectivity index (χ2n) is 8.63. The highest BCUT2D eigenvalue weighted by Gasteiger charge is 2.37. The lowest BCUT2D eigenvalue weighted by Gasteiger charge is -2.30. The number of rotatable bonds is 11. The van der Waals surface area contributed by atoms with Crippen molar-refractivity contribution in [1.82, 2.24) is 15.1 Å². The molecule has 1 N–H and O–H groups in total. The maximum atomic E-state index is 13.1. The molecule has 1 heterocycles. The molecule has 0 spiro atoms. The first-order valence-corrected chi connectivity index (χ1v) is 11.1. The highest BCUT2D eigenvalue weighted by molar-refractivity contribution is 5.99. The Labute approximate surface area is 192 Å². The van der Waals surface area contributed by atoms with Crippen molar-refractivity contribution in [1.29, 1.82) is 0 Å². The molecule has 0 radical (unpaired) electrons. The molecule has 7 heteroatoms. The first-order valence-electron chi connectivity index (χ1n) is 11.1. The zero-order chi connectivity index (χ0) is 23.7. The molecular weight excluding hydrogens is 406 g/mol. The lowest BCUT2D eigenvalue weighted by Crippen LogP contribution is -2.33. The Kier molecular flexibility index (Phi) is 9.94. The van der Waals surface area contributed by atoms with Gasteiger partial charge in [-0.2, -0.15) is 0 Å². The van der Waals surface area contributed by atoms with E-state index in [1.54, 1.807) is 0 Å². The number of nitrogens with one attached hydrogen (secondary N) is 1. The fourth-order valence-electron chi connectivity index (χ4n) is 3.76. The molecule has 2 rings (SSSR count). The molecule has 1 aromatic carbocycles. The molecule has 32 heavy (non-hydrogen) atoms. The third-order valence-electron chi connectivity index (χ3n) is 5.30. The van der Waals surface area contributed by atoms with Crippen molar-refractivity contribution in [2.75, 3.05) is 54.5 Å². The van der Waals surface area contributed by atoms with Crippen LogP contribution in [0.15, 0.2) is 52.9 Å². The summed E-state index contributed by atoms with van der Waals surface area (Å²) in [4.78, 5) is 30.4. The van der Waals surface area contributed by atoms with E-state index in [4.69, 9.17) is 9.47 Å². The van der Waals surface area contributed by atoms with Gasteiger partial charge in [-0.15, -0.1) is 0 Å². The van der Waals surface area contributed by atoms with Crippen molar-refractivity contribution >= 4 is 11.9 Å². The van der Waals surface area contributed by atoms with Gasteiger partial charge in [-0.3, -0.25) is 0 Å². The van der Waals surface area contributed by atoms with Gasteiger partial charge in [-0.25, -0.2) is 9.59 Å². The molecule has 0 bridgehead atoms. The molecule has 0 atom stereocenters. The summed E-state index contributed by atoms with van der Waals surface area (Å²) in [7, 11) is 7.92. The van der Waals surface area contributed by atoms with Crippen LogP contribution in [0.4, 0.5) is 0 Å². The Balaban J connectivity index is 2.27. The van der Waals surface area contributed by atoms with Crippen molar-refractivity contribution in [2.45, 2.75) is 32.6 Å². The molecule has 1 aliphatic rings. The van der Waals surface area contributed by atoms with E-state index < -0.39 is 17.9 Å². The minimum Gasteiger partial charge on any atom is -0.462 e. The molecule has 0 unspecified atom stereocenters. The molecule has 0 saturated carbocycles. The molecule has 0 aromatic heterocycles. The van der Waals surface area contributed by atoms with Crippen LogP contribution in [0, 0.1) is 0 Å². The molecule has 0 saturated heterocycles. The van der Waals surface area contributed by atoms with Gasteiger partial charge in [0, 0.05) is 24.5 Å². The number of hydrogen-bond acceptors (Lipinski definition) is 7. The smallest absolute Gasteiger partial charge is 0.336 e. The molecule has 0 fully saturated rings. The van der Waals surface area contributed by atoms with Gasteiger partial charge < -0.3 is 24.6 Å². The number of ether oxygens (including phenoxy) is 2. The van der Waals surface area contributed by atoms with Gasteiger partial charge >= 0.3 is 11.9 Å². The van der Waals surface area contributed by atoms with Crippen LogP contribution in [-0.2, 0) is 19.1 Å². The van der Waals surface area contributed by atoms with Gasteiger partial charge in [0.1, 0.15) is 0 Å². The number of carbonyl (C=O) groups is 2. The van der Waals surface area contributed by atoms with Gasteiger partial charge in [-0.1, -0.05) is 30.3 Å². The fourth-order valence-corrected chi connectivity index (χ4v) is 3.76. The summed E-state index contributed by atoms with van der Waals surface area (Å²) >= 11 is 0. The lowest BCUT2D eigenvalue weighted by atomic mass is 9.80. The lowest BCUT2D eigenvalue weighted by molar-refractivity contribution is -0.140. The van der Waals surface area contributed by atoms with Crippen LogP contribution in [-0.4, -0.2) is 76.2 Å². The Morgan fingerprint density at radius 3 is 1.66 bits per heavy atom. The Hall–Kier alpha value is -2.64. The van der Waals surface area contributed by atoms with Gasteiger partial charge in [-0.05, 0) is 60.4 Å². The molecule has 1 aliphatic heterocycles. The van der Waals surface area contributed by atoms with Crippen LogP contribution in [0.3, 0.4) is 0 Å². The predicted molar refractivity (Wildman–Crippen MR) is 126 cm³/mol. The predicted octanol–water partition coefficient (Wildman–Crippen LogP) is 2.91. The number of hydrogen-bond donors (Lipinski definition) is 1. The first kappa shape index (κ1) is 25.6. The van der Waals surface area contributed by atoms with E-state index in [2.05, 4.69) is 5.32 Å². The van der Waals surface area contributed by atoms with Crippen molar-refractivity contribution in [2.24, 2.45) is 0 Å². The third-order valence-corrected chi connectivity index (χ3v) is 5.30. The molecular formula is C25H37N3O4. The number of benzene rings is 1. The van der Waals surface area contributed by atoms with Crippen molar-refractivity contribution in [3.8, 4) is 0 Å². The quantitative estimate of drug-likeness (QED) is 0.416. The van der Waals surface area contributed by atoms with Gasteiger partial charge in [0.15, 0.2) is 0 Å². The largest absolute Gasteiger partial charge is 0.462 e. The first-order chi connectivity index (χ1) is 15.2. The van der Waals surface area contributed by atoms with Crippen LogP contribution in [0.1, 0.15) is 38.2 Å². The standard InChI is InChI=1S/C25H37N3O4/c1-18-21(24(29)31-16-10-14-27(3)4)23(20-12-8-7-9-13-20)22(19(2)26-18)25(30)32-17-11-15-28(5)6/h7-9,12-13,23,26H,10-11,14-17H2,1-6H3. The molecule has 0 aliphatic carbocycles. The fraction of sp³-hybridized carbons (Fsp3) is 0.520. The van der Waals surface area contributed by atoms with E-state index in [9.17, 15) is 9.59 Å². The molecule has 0 amide bonds. The average molecular weight is 444 g/mol. The van der Waals surface area contributed by atoms with Crippen molar-refractivity contribution in [3.63, 3.8) is 0 Å². The Bertz CT molecular complexity index is 794. The van der Waals surface area contributed by atoms with Crippen LogP contribution >= 0.6 is 0 Å². The summed E-state index contributed by atoms with van der Waals surface area (Å²) in [6.45, 7) is 5.99. The average Bonchev–Trinajstić information content (AvgIpc) is 2.73. The Morgan fingerprint density at radius 2 is 1.25 bits per heavy atom. The SMILES string of the molecule is CC1=C(C(=O)OCCCN(C)C)C(c2ccccc2)C(C(=O)OCCCN(C)C)=C(C)N1. The zero-order valence-corrected chi connectivity index (χ0v) is 20.2. The van der Waals surface area contributed by atoms with Crippen LogP contribution in [0.2, 0.25) is 0 Å². The topological polar surface area (TPSA) is 71.1 Å². The van der Waals surface area contributed by atoms with Crippen molar-refractivity contribution < 1.29 is 19.1 Å². The minimum absolute atomic E-state index is 0.322. The maximum absolute atomic E-state index is 13.1. The summed E-state index contributed by atoms with van der Waals surface area (Å²) in [5, 5.41) is 3.20. The monoisotopic (exact) mass is 443 g/mol. The van der Waals surface area contributed by atoms with E-state index in [1.165, 1.54) is 0 Å². The molecule has 7 nitrogen and oxygen atoms in total. The summed E-state index contributed by atoms with van der Waals surface area (Å²) < 4.78 is 11.2. The van der Waals surface area contributed by atoms with Gasteiger partial charge in [0.25, 0.3) is 0 Å². The summed E-state index contributed by atoms with van der Waals surface area (Å²) in [6, 6.07) is 9.57. The Morgan fingerprint density at radius 1 is 0.812 bits per heavy atom. The van der Waals surface area contributed by atoms with Crippen molar-refractivity contribution in [3.05, 3.63) is 58.4 Å². The zero-order valence-electron chi connectivity index (χ0n) is 20.2. The number of esters is 2. The number of dihydropyridines is 1. The second-order valence-corrected chi connectivity index (χ2v) is 8.63. The molecule has 1 aromatic rings. The van der Waals surface area contributed by atoms with E-state index in [1.807, 2.05) is 82.2 Å². The summed E-state index contributed by atoms with van der Waals surface area (Å²) in [5.41, 5.74) is 3.14. The van der Waals surface area contributed by atoms with Gasteiger partial charge in [0.2, 0.25) is 0 Å². The minimum atomic E-state index is -0.542. The van der Waals surface area contributed by atoms with Gasteiger partial charge in [0.05, 0.1) is 30.3 Å². The summed E-state index contributed by atoms with van der Waals surface area (Å²) in [5.74, 6) is -1.36. The third kappa shape index (κ3) is 7.21. The van der Waals surface area contributed by atoms with E-state index >= 15 is 0 Å². The van der Waals surface area contributed by atoms with Crippen LogP contribution < -0.4 is 5.32 Å². The highest BCUT2D eigenvalue weighted by Crippen LogP contribution is 2.39. The van der Waals surface area contributed by atoms with E-state index in [0.717, 1.165) is 31.5 Å². The van der Waals surface area contributed by atoms with E-state index in [-0.39, 0.29) is 0 Å². The number of nitrogens with zero attached hydrogens (tertiary/aromatic N) is 2. The highest BCUT2D eigenvalue weighted by atomic mass is 16.5. The molecule has 176 valence electrons. The van der Waals surface area contributed by atoms with Crippen LogP contribution in [0.25, 0.3) is 0 Å². The number of allylic oxidation sites excluding steroid dienone is 2. The van der Waals surface area contributed by atoms with Crippen LogP contribution in [0.5, 0.6) is 0 Å². The summed E-state index contributed by atoms with van der Waals surface area (Å²) in [6.07, 6.45) is 1.48. The van der Waals surface area contributed by atoms with E-state index in [0.29, 0.717) is 35.8 Å². The maximum Gasteiger partial charge on any atom is 0.336 e. The normalized spacial score (nSPS) is 14.8. The number of carbonyl (C=O) groups excluding carboxylic acids is 2.